The Hall–Kier alpha value is -3.71. The zero-order chi connectivity index (χ0) is 23.2. The minimum atomic E-state index is -0.399. The highest BCUT2D eigenvalue weighted by Crippen LogP contribution is 2.28. The fraction of sp³-hybridized carbons (Fsp3) is 0.192. The van der Waals surface area contributed by atoms with Crippen molar-refractivity contribution in [3.05, 3.63) is 83.2 Å². The molecular weight excluding hydrogens is 436 g/mol. The van der Waals surface area contributed by atoms with E-state index in [1.165, 1.54) is 11.3 Å². The maximum atomic E-state index is 13.0. The SMILES string of the molecule is CCOC(=O)Cn1c(=NC(=O)c2ccc(-c3ccccc3)cc2)sc2cccc(OCC)c21. The molecule has 0 aliphatic heterocycles. The van der Waals surface area contributed by atoms with Gasteiger partial charge in [-0.3, -0.25) is 9.59 Å². The van der Waals surface area contributed by atoms with Crippen molar-refractivity contribution >= 4 is 33.4 Å². The molecule has 1 amide bonds. The molecule has 0 atom stereocenters. The first-order chi connectivity index (χ1) is 16.1. The van der Waals surface area contributed by atoms with E-state index in [4.69, 9.17) is 9.47 Å². The zero-order valence-corrected chi connectivity index (χ0v) is 19.3. The number of rotatable bonds is 7. The fourth-order valence-corrected chi connectivity index (χ4v) is 4.57. The van der Waals surface area contributed by atoms with E-state index < -0.39 is 5.97 Å². The molecular formula is C26H24N2O4S. The second kappa shape index (κ2) is 10.3. The summed E-state index contributed by atoms with van der Waals surface area (Å²) in [5.41, 5.74) is 3.30. The van der Waals surface area contributed by atoms with Crippen molar-refractivity contribution in [3.63, 3.8) is 0 Å². The number of thiazole rings is 1. The highest BCUT2D eigenvalue weighted by Gasteiger charge is 2.16. The molecule has 0 aliphatic carbocycles. The third-order valence-electron chi connectivity index (χ3n) is 4.99. The summed E-state index contributed by atoms with van der Waals surface area (Å²) < 4.78 is 13.5. The minimum absolute atomic E-state index is 0.0585. The largest absolute Gasteiger partial charge is 0.492 e. The Kier molecular flexibility index (Phi) is 7.00. The van der Waals surface area contributed by atoms with Gasteiger partial charge in [-0.25, -0.2) is 0 Å². The number of nitrogens with zero attached hydrogens (tertiary/aromatic N) is 2. The van der Waals surface area contributed by atoms with Gasteiger partial charge >= 0.3 is 5.97 Å². The van der Waals surface area contributed by atoms with Crippen LogP contribution in [0.25, 0.3) is 21.3 Å². The maximum Gasteiger partial charge on any atom is 0.326 e. The van der Waals surface area contributed by atoms with Crippen molar-refractivity contribution < 1.29 is 19.1 Å². The van der Waals surface area contributed by atoms with Crippen molar-refractivity contribution in [2.45, 2.75) is 20.4 Å². The number of aromatic nitrogens is 1. The molecule has 33 heavy (non-hydrogen) atoms. The monoisotopic (exact) mass is 460 g/mol. The minimum Gasteiger partial charge on any atom is -0.492 e. The molecule has 0 aliphatic rings. The molecule has 1 heterocycles. The van der Waals surface area contributed by atoms with Crippen LogP contribution in [0.4, 0.5) is 0 Å². The van der Waals surface area contributed by atoms with Crippen molar-refractivity contribution in [1.82, 2.24) is 4.57 Å². The first-order valence-electron chi connectivity index (χ1n) is 10.8. The molecule has 0 bridgehead atoms. The van der Waals surface area contributed by atoms with E-state index in [1.54, 1.807) is 23.6 Å². The molecule has 0 saturated carbocycles. The summed E-state index contributed by atoms with van der Waals surface area (Å²) in [5.74, 6) is -0.141. The van der Waals surface area contributed by atoms with Crippen LogP contribution < -0.4 is 9.54 Å². The summed E-state index contributed by atoms with van der Waals surface area (Å²) in [4.78, 5) is 30.1. The van der Waals surface area contributed by atoms with Gasteiger partial charge in [0.25, 0.3) is 5.91 Å². The number of hydrogen-bond acceptors (Lipinski definition) is 5. The predicted octanol–water partition coefficient (Wildman–Crippen LogP) is 5.07. The Morgan fingerprint density at radius 1 is 0.879 bits per heavy atom. The quantitative estimate of drug-likeness (QED) is 0.361. The van der Waals surface area contributed by atoms with Crippen molar-refractivity contribution in [2.75, 3.05) is 13.2 Å². The maximum absolute atomic E-state index is 13.0. The molecule has 0 radical (unpaired) electrons. The summed E-state index contributed by atoms with van der Waals surface area (Å²) in [7, 11) is 0. The molecule has 1 aromatic heterocycles. The van der Waals surface area contributed by atoms with E-state index in [-0.39, 0.29) is 19.1 Å². The lowest BCUT2D eigenvalue weighted by atomic mass is 10.0. The Bertz CT molecular complexity index is 1340. The summed E-state index contributed by atoms with van der Waals surface area (Å²) in [6.45, 7) is 4.35. The van der Waals surface area contributed by atoms with Gasteiger partial charge in [0.2, 0.25) is 0 Å². The number of hydrogen-bond donors (Lipinski definition) is 0. The molecule has 0 unspecified atom stereocenters. The second-order valence-electron chi connectivity index (χ2n) is 7.17. The molecule has 0 spiro atoms. The molecule has 3 aromatic carbocycles. The molecule has 4 rings (SSSR count). The highest BCUT2D eigenvalue weighted by atomic mass is 32.1. The Labute approximate surface area is 195 Å². The molecule has 168 valence electrons. The van der Waals surface area contributed by atoms with Crippen LogP contribution in [0.5, 0.6) is 5.75 Å². The third-order valence-corrected chi connectivity index (χ3v) is 6.04. The Morgan fingerprint density at radius 3 is 2.30 bits per heavy atom. The lowest BCUT2D eigenvalue weighted by Crippen LogP contribution is -2.23. The predicted molar refractivity (Wildman–Crippen MR) is 129 cm³/mol. The second-order valence-corrected chi connectivity index (χ2v) is 8.18. The van der Waals surface area contributed by atoms with Gasteiger partial charge in [0.05, 0.1) is 17.9 Å². The molecule has 6 nitrogen and oxygen atoms in total. The van der Waals surface area contributed by atoms with Gasteiger partial charge in [-0.2, -0.15) is 4.99 Å². The number of fused-ring (bicyclic) bond motifs is 1. The van der Waals surface area contributed by atoms with E-state index in [0.717, 1.165) is 21.3 Å². The summed E-state index contributed by atoms with van der Waals surface area (Å²) in [6.07, 6.45) is 0. The van der Waals surface area contributed by atoms with E-state index in [0.29, 0.717) is 22.7 Å². The average Bonchev–Trinajstić information content (AvgIpc) is 3.17. The molecule has 7 heteroatoms. The molecule has 0 N–H and O–H groups in total. The number of carbonyl (C=O) groups excluding carboxylic acids is 2. The van der Waals surface area contributed by atoms with Crippen LogP contribution in [-0.2, 0) is 16.1 Å². The Balaban J connectivity index is 1.74. The van der Waals surface area contributed by atoms with Crippen molar-refractivity contribution in [3.8, 4) is 16.9 Å². The van der Waals surface area contributed by atoms with Crippen LogP contribution in [0.1, 0.15) is 24.2 Å². The third kappa shape index (κ3) is 5.04. The highest BCUT2D eigenvalue weighted by molar-refractivity contribution is 7.16. The number of esters is 1. The fourth-order valence-electron chi connectivity index (χ4n) is 3.52. The van der Waals surface area contributed by atoms with Gasteiger partial charge in [0, 0.05) is 5.56 Å². The van der Waals surface area contributed by atoms with E-state index in [1.807, 2.05) is 67.6 Å². The molecule has 4 aromatic rings. The normalized spacial score (nSPS) is 11.5. The lowest BCUT2D eigenvalue weighted by molar-refractivity contribution is -0.143. The number of amides is 1. The lowest BCUT2D eigenvalue weighted by Gasteiger charge is -2.09. The van der Waals surface area contributed by atoms with Crippen LogP contribution in [0, 0.1) is 0 Å². The van der Waals surface area contributed by atoms with Crippen LogP contribution in [0.2, 0.25) is 0 Å². The molecule has 0 fully saturated rings. The van der Waals surface area contributed by atoms with Crippen molar-refractivity contribution in [2.24, 2.45) is 4.99 Å². The standard InChI is InChI=1S/C26H24N2O4S/c1-3-31-21-11-8-12-22-24(21)28(17-23(29)32-4-2)26(33-22)27-25(30)20-15-13-19(14-16-20)18-9-6-5-7-10-18/h5-16H,3-4,17H2,1-2H3. The first-order valence-corrected chi connectivity index (χ1v) is 11.6. The number of carbonyl (C=O) groups is 2. The summed E-state index contributed by atoms with van der Waals surface area (Å²) >= 11 is 1.33. The first kappa shape index (κ1) is 22.5. The van der Waals surface area contributed by atoms with Crippen molar-refractivity contribution in [1.29, 1.82) is 0 Å². The van der Waals surface area contributed by atoms with E-state index >= 15 is 0 Å². The van der Waals surface area contributed by atoms with Crippen LogP contribution in [0.3, 0.4) is 0 Å². The average molecular weight is 461 g/mol. The van der Waals surface area contributed by atoms with Crippen LogP contribution in [0.15, 0.2) is 77.8 Å². The molecule has 0 saturated heterocycles. The van der Waals surface area contributed by atoms with Gasteiger partial charge in [0.1, 0.15) is 17.8 Å². The van der Waals surface area contributed by atoms with Gasteiger partial charge in [-0.05, 0) is 49.2 Å². The van der Waals surface area contributed by atoms with Crippen LogP contribution >= 0.6 is 11.3 Å². The van der Waals surface area contributed by atoms with E-state index in [2.05, 4.69) is 4.99 Å². The summed E-state index contributed by atoms with van der Waals surface area (Å²) in [5, 5.41) is 0. The van der Waals surface area contributed by atoms with Crippen LogP contribution in [-0.4, -0.2) is 29.7 Å². The van der Waals surface area contributed by atoms with E-state index in [9.17, 15) is 9.59 Å². The smallest absolute Gasteiger partial charge is 0.326 e. The van der Waals surface area contributed by atoms with Gasteiger partial charge in [-0.15, -0.1) is 0 Å². The number of ether oxygens (including phenoxy) is 2. The van der Waals surface area contributed by atoms with Gasteiger partial charge < -0.3 is 14.0 Å². The number of para-hydroxylation sites is 1. The van der Waals surface area contributed by atoms with Gasteiger partial charge in [0.15, 0.2) is 4.80 Å². The topological polar surface area (TPSA) is 69.9 Å². The Morgan fingerprint density at radius 2 is 1.61 bits per heavy atom. The van der Waals surface area contributed by atoms with Gasteiger partial charge in [-0.1, -0.05) is 59.9 Å². The zero-order valence-electron chi connectivity index (χ0n) is 18.5. The summed E-state index contributed by atoms with van der Waals surface area (Å²) in [6, 6.07) is 22.9. The number of benzene rings is 3.